The first-order valence-corrected chi connectivity index (χ1v) is 9.46. The Hall–Kier alpha value is -2.30. The van der Waals surface area contributed by atoms with Crippen molar-refractivity contribution in [2.75, 3.05) is 0 Å². The second-order valence-electron chi connectivity index (χ2n) is 6.19. The van der Waals surface area contributed by atoms with E-state index in [1.54, 1.807) is 11.3 Å². The zero-order valence-corrected chi connectivity index (χ0v) is 14.9. The minimum absolute atomic E-state index is 0.186. The number of hydrazone groups is 1. The zero-order chi connectivity index (χ0) is 16.8. The SMILES string of the molecule is Clc1cccc([C@H]2Oc3ccccc3[C@H]3CC(c4cccs4)=NN32)c1. The van der Waals surface area contributed by atoms with Gasteiger partial charge in [-0.25, -0.2) is 5.01 Å². The third kappa shape index (κ3) is 2.53. The molecule has 0 spiro atoms. The fraction of sp³-hybridized carbons (Fsp3) is 0.150. The number of rotatable bonds is 2. The van der Waals surface area contributed by atoms with Gasteiger partial charge < -0.3 is 4.74 Å². The number of para-hydroxylation sites is 1. The quantitative estimate of drug-likeness (QED) is 0.586. The maximum atomic E-state index is 6.32. The summed E-state index contributed by atoms with van der Waals surface area (Å²) in [6.07, 6.45) is 0.619. The summed E-state index contributed by atoms with van der Waals surface area (Å²) < 4.78 is 6.32. The molecule has 0 bridgehead atoms. The van der Waals surface area contributed by atoms with Crippen molar-refractivity contribution < 1.29 is 4.74 Å². The van der Waals surface area contributed by atoms with Crippen LogP contribution in [-0.4, -0.2) is 10.7 Å². The highest BCUT2D eigenvalue weighted by Gasteiger charge is 2.40. The highest BCUT2D eigenvalue weighted by Crippen LogP contribution is 2.47. The molecule has 5 rings (SSSR count). The molecule has 0 saturated heterocycles. The van der Waals surface area contributed by atoms with Crippen molar-refractivity contribution in [3.05, 3.63) is 87.1 Å². The van der Waals surface area contributed by atoms with Crippen molar-refractivity contribution in [2.24, 2.45) is 5.10 Å². The van der Waals surface area contributed by atoms with E-state index >= 15 is 0 Å². The lowest BCUT2D eigenvalue weighted by Crippen LogP contribution is -2.33. The minimum atomic E-state index is -0.268. The van der Waals surface area contributed by atoms with Gasteiger partial charge in [0.1, 0.15) is 5.75 Å². The molecule has 25 heavy (non-hydrogen) atoms. The van der Waals surface area contributed by atoms with E-state index in [-0.39, 0.29) is 12.3 Å². The number of halogens is 1. The van der Waals surface area contributed by atoms with Crippen molar-refractivity contribution in [1.82, 2.24) is 5.01 Å². The maximum Gasteiger partial charge on any atom is 0.213 e. The predicted octanol–water partition coefficient (Wildman–Crippen LogP) is 5.64. The molecule has 124 valence electrons. The highest BCUT2D eigenvalue weighted by molar-refractivity contribution is 7.12. The molecule has 2 aliphatic rings. The molecular formula is C20H15ClN2OS. The monoisotopic (exact) mass is 366 g/mol. The van der Waals surface area contributed by atoms with Gasteiger partial charge in [-0.2, -0.15) is 5.10 Å². The smallest absolute Gasteiger partial charge is 0.213 e. The van der Waals surface area contributed by atoms with Gasteiger partial charge in [0.05, 0.1) is 16.6 Å². The summed E-state index contributed by atoms with van der Waals surface area (Å²) in [5.74, 6) is 0.927. The molecule has 5 heteroatoms. The van der Waals surface area contributed by atoms with Gasteiger partial charge in [-0.1, -0.05) is 48.0 Å². The fourth-order valence-corrected chi connectivity index (χ4v) is 4.43. The first-order chi connectivity index (χ1) is 12.3. The number of thiophene rings is 1. The van der Waals surface area contributed by atoms with E-state index in [4.69, 9.17) is 21.4 Å². The van der Waals surface area contributed by atoms with E-state index in [0.29, 0.717) is 5.02 Å². The Morgan fingerprint density at radius 1 is 1.08 bits per heavy atom. The molecule has 3 nitrogen and oxygen atoms in total. The van der Waals surface area contributed by atoms with E-state index in [1.165, 1.54) is 10.4 Å². The van der Waals surface area contributed by atoms with E-state index in [1.807, 2.05) is 36.4 Å². The second kappa shape index (κ2) is 5.90. The Balaban J connectivity index is 1.62. The van der Waals surface area contributed by atoms with Crippen LogP contribution in [0.1, 0.15) is 34.7 Å². The van der Waals surface area contributed by atoms with Crippen LogP contribution < -0.4 is 4.74 Å². The van der Waals surface area contributed by atoms with E-state index in [0.717, 1.165) is 23.4 Å². The van der Waals surface area contributed by atoms with Crippen LogP contribution in [0.5, 0.6) is 5.75 Å². The average Bonchev–Trinajstić information content (AvgIpc) is 3.30. The maximum absolute atomic E-state index is 6.32. The zero-order valence-electron chi connectivity index (χ0n) is 13.3. The van der Waals surface area contributed by atoms with Gasteiger partial charge in [-0.05, 0) is 29.6 Å². The summed E-state index contributed by atoms with van der Waals surface area (Å²) in [5, 5.41) is 9.82. The summed E-state index contributed by atoms with van der Waals surface area (Å²) in [6.45, 7) is 0. The molecule has 3 heterocycles. The Labute approximate surface area is 155 Å². The molecular weight excluding hydrogens is 352 g/mol. The topological polar surface area (TPSA) is 24.8 Å². The molecule has 0 fully saturated rings. The third-order valence-electron chi connectivity index (χ3n) is 4.64. The average molecular weight is 367 g/mol. The molecule has 3 aromatic rings. The molecule has 0 unspecified atom stereocenters. The van der Waals surface area contributed by atoms with Gasteiger partial charge >= 0.3 is 0 Å². The Kier molecular flexibility index (Phi) is 3.54. The van der Waals surface area contributed by atoms with Crippen molar-refractivity contribution in [2.45, 2.75) is 18.7 Å². The number of fused-ring (bicyclic) bond motifs is 3. The molecule has 2 aromatic carbocycles. The highest BCUT2D eigenvalue weighted by atomic mass is 35.5. The summed E-state index contributed by atoms with van der Waals surface area (Å²) in [5.41, 5.74) is 3.33. The molecule has 2 atom stereocenters. The van der Waals surface area contributed by atoms with E-state index < -0.39 is 0 Å². The summed E-state index contributed by atoms with van der Waals surface area (Å²) in [4.78, 5) is 1.22. The number of hydrogen-bond acceptors (Lipinski definition) is 4. The van der Waals surface area contributed by atoms with Crippen LogP contribution in [-0.2, 0) is 0 Å². The van der Waals surface area contributed by atoms with E-state index in [9.17, 15) is 0 Å². The van der Waals surface area contributed by atoms with Gasteiger partial charge in [0, 0.05) is 22.6 Å². The van der Waals surface area contributed by atoms with Gasteiger partial charge in [-0.15, -0.1) is 11.3 Å². The van der Waals surface area contributed by atoms with Gasteiger partial charge in [-0.3, -0.25) is 0 Å². The van der Waals surface area contributed by atoms with Gasteiger partial charge in [0.2, 0.25) is 6.23 Å². The van der Waals surface area contributed by atoms with Crippen LogP contribution in [0.15, 0.2) is 71.1 Å². The summed E-state index contributed by atoms with van der Waals surface area (Å²) >= 11 is 7.94. The normalized spacial score (nSPS) is 21.3. The van der Waals surface area contributed by atoms with Crippen LogP contribution in [0.4, 0.5) is 0 Å². The largest absolute Gasteiger partial charge is 0.464 e. The second-order valence-corrected chi connectivity index (χ2v) is 7.57. The lowest BCUT2D eigenvalue weighted by Gasteiger charge is -2.38. The Morgan fingerprint density at radius 3 is 2.84 bits per heavy atom. The molecule has 1 aromatic heterocycles. The Bertz CT molecular complexity index is 954. The van der Waals surface area contributed by atoms with Crippen LogP contribution in [0.25, 0.3) is 0 Å². The van der Waals surface area contributed by atoms with Crippen LogP contribution in [0, 0.1) is 0 Å². The van der Waals surface area contributed by atoms with Gasteiger partial charge in [0.15, 0.2) is 0 Å². The predicted molar refractivity (Wildman–Crippen MR) is 101 cm³/mol. The fourth-order valence-electron chi connectivity index (χ4n) is 3.51. The lowest BCUT2D eigenvalue weighted by molar-refractivity contribution is -0.0190. The molecule has 0 saturated carbocycles. The standard InChI is InChI=1S/C20H15ClN2OS/c21-14-6-3-5-13(11-14)20-23-17(15-7-1-2-8-18(15)24-20)12-16(22-23)19-9-4-10-25-19/h1-11,17,20H,12H2/t17-,20-/m1/s1. The Morgan fingerprint density at radius 2 is 2.00 bits per heavy atom. The van der Waals surface area contributed by atoms with E-state index in [2.05, 4.69) is 34.7 Å². The molecule has 0 N–H and O–H groups in total. The molecule has 0 radical (unpaired) electrons. The van der Waals surface area contributed by atoms with Crippen LogP contribution >= 0.6 is 22.9 Å². The summed E-state index contributed by atoms with van der Waals surface area (Å²) in [7, 11) is 0. The molecule has 0 aliphatic carbocycles. The number of benzene rings is 2. The summed E-state index contributed by atoms with van der Waals surface area (Å²) in [6, 6.07) is 20.5. The number of ether oxygens (including phenoxy) is 1. The first-order valence-electron chi connectivity index (χ1n) is 8.20. The third-order valence-corrected chi connectivity index (χ3v) is 5.79. The number of nitrogens with zero attached hydrogens (tertiary/aromatic N) is 2. The van der Waals surface area contributed by atoms with Crippen molar-refractivity contribution in [3.8, 4) is 5.75 Å². The lowest BCUT2D eigenvalue weighted by atomic mass is 9.98. The number of hydrogen-bond donors (Lipinski definition) is 0. The minimum Gasteiger partial charge on any atom is -0.464 e. The van der Waals surface area contributed by atoms with Crippen molar-refractivity contribution in [3.63, 3.8) is 0 Å². The first kappa shape index (κ1) is 15.0. The van der Waals surface area contributed by atoms with Crippen molar-refractivity contribution in [1.29, 1.82) is 0 Å². The van der Waals surface area contributed by atoms with Crippen molar-refractivity contribution >= 4 is 28.6 Å². The van der Waals surface area contributed by atoms with Crippen LogP contribution in [0.2, 0.25) is 5.02 Å². The van der Waals surface area contributed by atoms with Crippen LogP contribution in [0.3, 0.4) is 0 Å². The molecule has 2 aliphatic heterocycles. The molecule has 0 amide bonds. The van der Waals surface area contributed by atoms with Gasteiger partial charge in [0.25, 0.3) is 0 Å².